The van der Waals surface area contributed by atoms with Crippen molar-refractivity contribution in [2.45, 2.75) is 51.5 Å². The van der Waals surface area contributed by atoms with Crippen LogP contribution in [0.1, 0.15) is 46.0 Å². The largest absolute Gasteiger partial charge is 0.394 e. The number of carbonyl (C=O) groups is 2. The second-order valence-electron chi connectivity index (χ2n) is 8.84. The first-order valence-electron chi connectivity index (χ1n) is 9.65. The van der Waals surface area contributed by atoms with Crippen LogP contribution < -0.4 is 0 Å². The van der Waals surface area contributed by atoms with E-state index < -0.39 is 5.54 Å². The Morgan fingerprint density at radius 1 is 1.12 bits per heavy atom. The van der Waals surface area contributed by atoms with Gasteiger partial charge in [-0.3, -0.25) is 9.59 Å². The first kappa shape index (κ1) is 18.6. The lowest BCUT2D eigenvalue weighted by molar-refractivity contribution is -0.139. The Morgan fingerprint density at radius 3 is 2.20 bits per heavy atom. The summed E-state index contributed by atoms with van der Waals surface area (Å²) in [5.74, 6) is 0.554. The molecule has 3 aliphatic heterocycles. The fraction of sp³-hybridized carbons (Fsp3) is 0.895. The number of likely N-dealkylation sites (tertiary alicyclic amines) is 3. The van der Waals surface area contributed by atoms with Crippen molar-refractivity contribution in [1.29, 1.82) is 0 Å². The topological polar surface area (TPSA) is 64.1 Å². The fourth-order valence-corrected chi connectivity index (χ4v) is 5.17. The number of hydrogen-bond donors (Lipinski definition) is 1. The van der Waals surface area contributed by atoms with Gasteiger partial charge in [-0.15, -0.1) is 0 Å². The summed E-state index contributed by atoms with van der Waals surface area (Å²) >= 11 is 0. The van der Waals surface area contributed by atoms with Gasteiger partial charge in [0.2, 0.25) is 11.8 Å². The van der Waals surface area contributed by atoms with E-state index in [0.717, 1.165) is 64.8 Å². The van der Waals surface area contributed by atoms with Crippen LogP contribution in [0.2, 0.25) is 0 Å². The second kappa shape index (κ2) is 6.88. The molecule has 0 saturated carbocycles. The Hall–Kier alpha value is -1.14. The van der Waals surface area contributed by atoms with E-state index in [9.17, 15) is 14.7 Å². The van der Waals surface area contributed by atoms with Crippen molar-refractivity contribution in [3.63, 3.8) is 0 Å². The molecule has 2 amide bonds. The number of nitrogens with zero attached hydrogens (tertiary/aromatic N) is 3. The van der Waals surface area contributed by atoms with Crippen molar-refractivity contribution in [2.24, 2.45) is 11.3 Å². The average Bonchev–Trinajstić information content (AvgIpc) is 2.89. The number of hydrogen-bond acceptors (Lipinski definition) is 4. The summed E-state index contributed by atoms with van der Waals surface area (Å²) in [6, 6.07) is 0. The van der Waals surface area contributed by atoms with Crippen molar-refractivity contribution in [3.05, 3.63) is 0 Å². The minimum atomic E-state index is -0.452. The summed E-state index contributed by atoms with van der Waals surface area (Å²) < 4.78 is 0. The van der Waals surface area contributed by atoms with Gasteiger partial charge >= 0.3 is 0 Å². The van der Waals surface area contributed by atoms with Gasteiger partial charge in [0.15, 0.2) is 0 Å². The van der Waals surface area contributed by atoms with Gasteiger partial charge in [0.25, 0.3) is 0 Å². The summed E-state index contributed by atoms with van der Waals surface area (Å²) in [6.45, 7) is 7.90. The fourth-order valence-electron chi connectivity index (χ4n) is 5.17. The van der Waals surface area contributed by atoms with E-state index in [-0.39, 0.29) is 23.8 Å². The molecule has 1 atom stereocenters. The van der Waals surface area contributed by atoms with E-state index in [1.54, 1.807) is 6.92 Å². The van der Waals surface area contributed by atoms with E-state index >= 15 is 0 Å². The van der Waals surface area contributed by atoms with Crippen molar-refractivity contribution >= 4 is 11.8 Å². The molecule has 3 saturated heterocycles. The molecule has 6 heteroatoms. The van der Waals surface area contributed by atoms with Crippen LogP contribution in [-0.4, -0.2) is 83.5 Å². The van der Waals surface area contributed by atoms with Crippen LogP contribution in [0.25, 0.3) is 0 Å². The van der Waals surface area contributed by atoms with E-state index in [1.807, 2.05) is 16.7 Å². The highest BCUT2D eigenvalue weighted by Gasteiger charge is 2.52. The normalized spacial score (nSPS) is 30.9. The molecule has 0 aliphatic carbocycles. The minimum absolute atomic E-state index is 0.00651. The predicted octanol–water partition coefficient (Wildman–Crippen LogP) is 0.940. The van der Waals surface area contributed by atoms with Crippen LogP contribution in [0.15, 0.2) is 0 Å². The van der Waals surface area contributed by atoms with Crippen LogP contribution in [0.4, 0.5) is 0 Å². The molecule has 142 valence electrons. The zero-order chi connectivity index (χ0) is 18.2. The summed E-state index contributed by atoms with van der Waals surface area (Å²) in [4.78, 5) is 31.0. The Kier molecular flexibility index (Phi) is 5.13. The first-order chi connectivity index (χ1) is 11.8. The highest BCUT2D eigenvalue weighted by atomic mass is 16.3. The maximum atomic E-state index is 12.8. The van der Waals surface area contributed by atoms with Crippen molar-refractivity contribution in [1.82, 2.24) is 14.7 Å². The summed E-state index contributed by atoms with van der Waals surface area (Å²) in [5, 5.41) is 9.83. The van der Waals surface area contributed by atoms with Crippen molar-refractivity contribution in [2.75, 3.05) is 46.4 Å². The molecule has 0 radical (unpaired) electrons. The van der Waals surface area contributed by atoms with Gasteiger partial charge < -0.3 is 19.8 Å². The quantitative estimate of drug-likeness (QED) is 0.804. The van der Waals surface area contributed by atoms with Crippen molar-refractivity contribution < 1.29 is 14.7 Å². The summed E-state index contributed by atoms with van der Waals surface area (Å²) in [7, 11) is 2.12. The average molecular weight is 351 g/mol. The Bertz CT molecular complexity index is 522. The molecule has 1 spiro atoms. The number of piperidine rings is 2. The number of aliphatic hydroxyl groups is 1. The van der Waals surface area contributed by atoms with Crippen molar-refractivity contribution in [3.8, 4) is 0 Å². The lowest BCUT2D eigenvalue weighted by atomic mass is 9.74. The smallest absolute Gasteiger partial charge is 0.225 e. The third-order valence-corrected chi connectivity index (χ3v) is 6.83. The summed E-state index contributed by atoms with van der Waals surface area (Å²) in [6.07, 6.45) is 4.65. The molecule has 25 heavy (non-hydrogen) atoms. The van der Waals surface area contributed by atoms with Crippen LogP contribution in [0.5, 0.6) is 0 Å². The maximum Gasteiger partial charge on any atom is 0.225 e. The number of aliphatic hydroxyl groups excluding tert-OH is 1. The van der Waals surface area contributed by atoms with E-state index in [2.05, 4.69) is 11.9 Å². The highest BCUT2D eigenvalue weighted by Crippen LogP contribution is 2.48. The van der Waals surface area contributed by atoms with E-state index in [4.69, 9.17) is 0 Å². The molecule has 0 aromatic rings. The molecule has 1 unspecified atom stereocenters. The molecule has 1 N–H and O–H groups in total. The van der Waals surface area contributed by atoms with Crippen LogP contribution in [-0.2, 0) is 9.59 Å². The molecular formula is C19H33N3O3. The Labute approximate surface area is 151 Å². The zero-order valence-corrected chi connectivity index (χ0v) is 16.0. The van der Waals surface area contributed by atoms with Crippen LogP contribution in [0, 0.1) is 11.3 Å². The Balaban J connectivity index is 1.60. The second-order valence-corrected chi connectivity index (χ2v) is 8.84. The van der Waals surface area contributed by atoms with E-state index in [0.29, 0.717) is 5.91 Å². The third-order valence-electron chi connectivity index (χ3n) is 6.83. The number of rotatable bonds is 2. The molecule has 3 aliphatic rings. The van der Waals surface area contributed by atoms with Gasteiger partial charge in [-0.05, 0) is 64.6 Å². The third kappa shape index (κ3) is 3.56. The predicted molar refractivity (Wildman–Crippen MR) is 96.0 cm³/mol. The molecule has 0 bridgehead atoms. The molecule has 0 aromatic heterocycles. The lowest BCUT2D eigenvalue weighted by Gasteiger charge is -2.41. The van der Waals surface area contributed by atoms with Gasteiger partial charge in [-0.2, -0.15) is 0 Å². The molecule has 3 rings (SSSR count). The van der Waals surface area contributed by atoms with Gasteiger partial charge in [0.1, 0.15) is 0 Å². The number of carbonyl (C=O) groups excluding carboxylic acids is 2. The zero-order valence-electron chi connectivity index (χ0n) is 16.0. The molecular weight excluding hydrogens is 318 g/mol. The number of amides is 2. The molecule has 3 heterocycles. The lowest BCUT2D eigenvalue weighted by Crippen LogP contribution is -2.48. The van der Waals surface area contributed by atoms with Gasteiger partial charge in [-0.25, -0.2) is 0 Å². The van der Waals surface area contributed by atoms with Crippen LogP contribution in [0.3, 0.4) is 0 Å². The van der Waals surface area contributed by atoms with Gasteiger partial charge in [-0.1, -0.05) is 0 Å². The molecule has 0 aromatic carbocycles. The molecule has 3 fully saturated rings. The monoisotopic (exact) mass is 351 g/mol. The minimum Gasteiger partial charge on any atom is -0.394 e. The van der Waals surface area contributed by atoms with Gasteiger partial charge in [0.05, 0.1) is 12.1 Å². The Morgan fingerprint density at radius 2 is 1.72 bits per heavy atom. The first-order valence-corrected chi connectivity index (χ1v) is 9.65. The highest BCUT2D eigenvalue weighted by molar-refractivity contribution is 5.79. The van der Waals surface area contributed by atoms with Crippen LogP contribution >= 0.6 is 0 Å². The van der Waals surface area contributed by atoms with Gasteiger partial charge in [0, 0.05) is 32.5 Å². The summed E-state index contributed by atoms with van der Waals surface area (Å²) in [5.41, 5.74) is -0.390. The maximum absolute atomic E-state index is 12.8. The van der Waals surface area contributed by atoms with E-state index in [1.165, 1.54) is 0 Å². The molecule has 6 nitrogen and oxygen atoms in total. The SMILES string of the molecule is CC(=O)N1CC2(CCN(C(=O)C3CCN(C)CC3)CC2)CC1(C)CO. The standard InChI is InChI=1S/C19H33N3O3/c1-15(24)22-13-19(12-18(22,2)14-23)6-10-21(11-7-19)17(25)16-4-8-20(3)9-5-16/h16,23H,4-14H2,1-3H3.